The van der Waals surface area contributed by atoms with Gasteiger partial charge in [0.25, 0.3) is 0 Å². The second kappa shape index (κ2) is 7.81. The van der Waals surface area contributed by atoms with Gasteiger partial charge in [0.15, 0.2) is 0 Å². The molecule has 0 spiro atoms. The zero-order valence-electron chi connectivity index (χ0n) is 13.5. The lowest BCUT2D eigenvalue weighted by atomic mass is 9.96. The van der Waals surface area contributed by atoms with Crippen molar-refractivity contribution in [3.63, 3.8) is 0 Å². The van der Waals surface area contributed by atoms with Crippen molar-refractivity contribution in [1.82, 2.24) is 5.32 Å². The number of carbonyl (C=O) groups excluding carboxylic acids is 2. The summed E-state index contributed by atoms with van der Waals surface area (Å²) in [7, 11) is 1.31. The Hall–Kier alpha value is -1.84. The molecule has 0 heterocycles. The molecule has 1 N–H and O–H groups in total. The summed E-state index contributed by atoms with van der Waals surface area (Å²) in [5.41, 5.74) is 2.21. The van der Waals surface area contributed by atoms with E-state index in [0.29, 0.717) is 5.92 Å². The van der Waals surface area contributed by atoms with Gasteiger partial charge in [-0.25, -0.2) is 4.79 Å². The minimum Gasteiger partial charge on any atom is -0.467 e. The number of nitrogens with one attached hydrogen (secondary N) is 1. The fourth-order valence-corrected chi connectivity index (χ4v) is 2.14. The molecule has 0 aliphatic heterocycles. The normalized spacial score (nSPS) is 13.6. The van der Waals surface area contributed by atoms with E-state index in [2.05, 4.69) is 36.0 Å². The number of esters is 1. The van der Waals surface area contributed by atoms with Crippen molar-refractivity contribution in [2.24, 2.45) is 5.92 Å². The largest absolute Gasteiger partial charge is 0.467 e. The van der Waals surface area contributed by atoms with Crippen LogP contribution in [-0.4, -0.2) is 25.0 Å². The highest BCUT2D eigenvalue weighted by Crippen LogP contribution is 2.18. The van der Waals surface area contributed by atoms with Gasteiger partial charge in [0.05, 0.1) is 13.0 Å². The van der Waals surface area contributed by atoms with E-state index >= 15 is 0 Å². The lowest BCUT2D eigenvalue weighted by molar-refractivity contribution is -0.144. The summed E-state index contributed by atoms with van der Waals surface area (Å²) in [5, 5.41) is 2.66. The summed E-state index contributed by atoms with van der Waals surface area (Å²) in [6.45, 7) is 7.80. The van der Waals surface area contributed by atoms with Crippen molar-refractivity contribution in [3.8, 4) is 0 Å². The number of benzene rings is 1. The van der Waals surface area contributed by atoms with Crippen molar-refractivity contribution in [2.75, 3.05) is 7.11 Å². The predicted molar refractivity (Wildman–Crippen MR) is 83.0 cm³/mol. The van der Waals surface area contributed by atoms with E-state index in [4.69, 9.17) is 0 Å². The Morgan fingerprint density at radius 3 is 2.14 bits per heavy atom. The van der Waals surface area contributed by atoms with Crippen LogP contribution in [0.25, 0.3) is 0 Å². The molecule has 0 aliphatic rings. The van der Waals surface area contributed by atoms with Crippen LogP contribution in [0.4, 0.5) is 0 Å². The van der Waals surface area contributed by atoms with E-state index in [9.17, 15) is 9.59 Å². The second-order valence-electron chi connectivity index (χ2n) is 5.81. The molecule has 21 heavy (non-hydrogen) atoms. The highest BCUT2D eigenvalue weighted by Gasteiger charge is 2.21. The van der Waals surface area contributed by atoms with Crippen molar-refractivity contribution >= 4 is 11.9 Å². The van der Waals surface area contributed by atoms with E-state index in [1.165, 1.54) is 12.7 Å². The van der Waals surface area contributed by atoms with Crippen LogP contribution in [-0.2, 0) is 20.7 Å². The zero-order chi connectivity index (χ0) is 16.0. The van der Waals surface area contributed by atoms with Crippen LogP contribution >= 0.6 is 0 Å². The summed E-state index contributed by atoms with van der Waals surface area (Å²) >= 11 is 0. The fourth-order valence-electron chi connectivity index (χ4n) is 2.14. The van der Waals surface area contributed by atoms with Crippen molar-refractivity contribution in [1.29, 1.82) is 0 Å². The van der Waals surface area contributed by atoms with Gasteiger partial charge in [-0.15, -0.1) is 0 Å². The van der Waals surface area contributed by atoms with Gasteiger partial charge in [-0.05, 0) is 37.3 Å². The summed E-state index contributed by atoms with van der Waals surface area (Å²) in [4.78, 5) is 23.4. The van der Waals surface area contributed by atoms with Gasteiger partial charge < -0.3 is 10.1 Å². The van der Waals surface area contributed by atoms with Gasteiger partial charge in [-0.2, -0.15) is 0 Å². The number of hydrogen-bond donors (Lipinski definition) is 1. The second-order valence-corrected chi connectivity index (χ2v) is 5.81. The Kier molecular flexibility index (Phi) is 6.40. The number of rotatable bonds is 6. The molecule has 116 valence electrons. The summed E-state index contributed by atoms with van der Waals surface area (Å²) in [5.74, 6) is -0.310. The molecule has 1 aromatic rings. The summed E-state index contributed by atoms with van der Waals surface area (Å²) < 4.78 is 4.60. The maximum Gasteiger partial charge on any atom is 0.328 e. The maximum absolute atomic E-state index is 12.1. The molecule has 1 unspecified atom stereocenters. The Bertz CT molecular complexity index is 479. The molecule has 0 bridgehead atoms. The first-order valence-electron chi connectivity index (χ1n) is 7.32. The molecule has 4 nitrogen and oxygen atoms in total. The average Bonchev–Trinajstić information content (AvgIpc) is 2.45. The number of methoxy groups -OCH3 is 1. The van der Waals surface area contributed by atoms with Crippen LogP contribution in [0.1, 0.15) is 44.7 Å². The standard InChI is InChI=1S/C17H25NO3/c1-11(2)10-14-6-8-15(9-7-14)12(3)16(19)18-13(4)17(20)21-5/h6-9,11-13H,10H2,1-5H3,(H,18,19)/t12?,13-/m0/s1. The number of carbonyl (C=O) groups is 2. The molecule has 4 heteroatoms. The molecule has 0 saturated carbocycles. The zero-order valence-corrected chi connectivity index (χ0v) is 13.5. The topological polar surface area (TPSA) is 55.4 Å². The molecule has 1 rings (SSSR count). The van der Waals surface area contributed by atoms with E-state index in [0.717, 1.165) is 12.0 Å². The molecule has 0 aliphatic carbocycles. The van der Waals surface area contributed by atoms with Gasteiger partial charge in [-0.1, -0.05) is 38.1 Å². The summed E-state index contributed by atoms with van der Waals surface area (Å²) in [6.07, 6.45) is 1.03. The van der Waals surface area contributed by atoms with Gasteiger partial charge in [-0.3, -0.25) is 4.79 Å². The Morgan fingerprint density at radius 1 is 1.10 bits per heavy atom. The van der Waals surface area contributed by atoms with Crippen LogP contribution in [0, 0.1) is 5.92 Å². The minimum atomic E-state index is -0.634. The monoisotopic (exact) mass is 291 g/mol. The van der Waals surface area contributed by atoms with Crippen molar-refractivity contribution in [2.45, 2.75) is 46.1 Å². The van der Waals surface area contributed by atoms with E-state index < -0.39 is 12.0 Å². The van der Waals surface area contributed by atoms with Gasteiger partial charge in [0, 0.05) is 0 Å². The van der Waals surface area contributed by atoms with E-state index in [1.807, 2.05) is 19.1 Å². The minimum absolute atomic E-state index is 0.176. The average molecular weight is 291 g/mol. The van der Waals surface area contributed by atoms with Crippen molar-refractivity contribution < 1.29 is 14.3 Å². The van der Waals surface area contributed by atoms with Crippen LogP contribution < -0.4 is 5.32 Å². The predicted octanol–water partition coefficient (Wildman–Crippen LogP) is 2.67. The van der Waals surface area contributed by atoms with Gasteiger partial charge >= 0.3 is 5.97 Å². The molecule has 1 aromatic carbocycles. The Labute approximate surface area is 126 Å². The third-order valence-electron chi connectivity index (χ3n) is 3.43. The lowest BCUT2D eigenvalue weighted by Gasteiger charge is -2.16. The van der Waals surface area contributed by atoms with Crippen molar-refractivity contribution in [3.05, 3.63) is 35.4 Å². The third-order valence-corrected chi connectivity index (χ3v) is 3.43. The smallest absolute Gasteiger partial charge is 0.328 e. The van der Waals surface area contributed by atoms with Gasteiger partial charge in [0.1, 0.15) is 6.04 Å². The molecular weight excluding hydrogens is 266 g/mol. The maximum atomic E-state index is 12.1. The first-order chi connectivity index (χ1) is 9.85. The van der Waals surface area contributed by atoms with Crippen LogP contribution in [0.3, 0.4) is 0 Å². The van der Waals surface area contributed by atoms with Crippen LogP contribution in [0.15, 0.2) is 24.3 Å². The quantitative estimate of drug-likeness (QED) is 0.820. The number of amides is 1. The number of hydrogen-bond acceptors (Lipinski definition) is 3. The highest BCUT2D eigenvalue weighted by molar-refractivity contribution is 5.88. The Morgan fingerprint density at radius 2 is 1.67 bits per heavy atom. The molecule has 0 radical (unpaired) electrons. The molecule has 0 saturated heterocycles. The highest BCUT2D eigenvalue weighted by atomic mass is 16.5. The first kappa shape index (κ1) is 17.2. The van der Waals surface area contributed by atoms with E-state index in [-0.39, 0.29) is 11.8 Å². The third kappa shape index (κ3) is 5.21. The van der Waals surface area contributed by atoms with Crippen LogP contribution in [0.2, 0.25) is 0 Å². The lowest BCUT2D eigenvalue weighted by Crippen LogP contribution is -2.41. The molecule has 2 atom stereocenters. The Balaban J connectivity index is 2.67. The first-order valence-corrected chi connectivity index (χ1v) is 7.32. The van der Waals surface area contributed by atoms with Crippen LogP contribution in [0.5, 0.6) is 0 Å². The molecule has 0 fully saturated rings. The molecule has 1 amide bonds. The van der Waals surface area contributed by atoms with E-state index in [1.54, 1.807) is 6.92 Å². The molecule has 0 aromatic heterocycles. The summed E-state index contributed by atoms with van der Waals surface area (Å²) in [6, 6.07) is 7.44. The fraction of sp³-hybridized carbons (Fsp3) is 0.529. The molecular formula is C17H25NO3. The van der Waals surface area contributed by atoms with Gasteiger partial charge in [0.2, 0.25) is 5.91 Å². The SMILES string of the molecule is COC(=O)[C@H](C)NC(=O)C(C)c1ccc(CC(C)C)cc1. The number of ether oxygens (including phenoxy) is 1.